The zero-order valence-corrected chi connectivity index (χ0v) is 16.7. The Morgan fingerprint density at radius 1 is 0.897 bits per heavy atom. The number of halogens is 3. The summed E-state index contributed by atoms with van der Waals surface area (Å²) < 4.78 is 46.0. The van der Waals surface area contributed by atoms with Gasteiger partial charge < -0.3 is 4.42 Å². The molecule has 3 heterocycles. The standard InChI is InChI=1S/C18H15F3N6OS/c1-8-5-9(2)7-12(6-8)14-23-25-17(28-14)29-15-11(4)10(3)13-22-24-16(18(19,20)21)27(13)26-15/h5-7H,1-4H3. The summed E-state index contributed by atoms with van der Waals surface area (Å²) in [5.74, 6) is -0.853. The first kappa shape index (κ1) is 19.4. The van der Waals surface area contributed by atoms with Crippen molar-refractivity contribution >= 4 is 17.4 Å². The molecule has 150 valence electrons. The Hall–Kier alpha value is -2.95. The van der Waals surface area contributed by atoms with E-state index in [0.29, 0.717) is 26.6 Å². The number of hydrogen-bond acceptors (Lipinski definition) is 7. The summed E-state index contributed by atoms with van der Waals surface area (Å²) in [6.45, 7) is 7.34. The van der Waals surface area contributed by atoms with Crippen molar-refractivity contribution in [3.63, 3.8) is 0 Å². The number of hydrogen-bond donors (Lipinski definition) is 0. The van der Waals surface area contributed by atoms with Crippen molar-refractivity contribution in [2.24, 2.45) is 0 Å². The lowest BCUT2D eigenvalue weighted by Crippen LogP contribution is -2.13. The second-order valence-electron chi connectivity index (χ2n) is 6.66. The number of fused-ring (bicyclic) bond motifs is 1. The molecule has 29 heavy (non-hydrogen) atoms. The average molecular weight is 420 g/mol. The molecule has 0 radical (unpaired) electrons. The lowest BCUT2D eigenvalue weighted by molar-refractivity contribution is -0.146. The summed E-state index contributed by atoms with van der Waals surface area (Å²) in [4.78, 5) is 0. The fourth-order valence-corrected chi connectivity index (χ4v) is 3.72. The number of aryl methyl sites for hydroxylation is 3. The zero-order valence-electron chi connectivity index (χ0n) is 15.9. The van der Waals surface area contributed by atoms with Crippen LogP contribution in [-0.2, 0) is 6.18 Å². The summed E-state index contributed by atoms with van der Waals surface area (Å²) in [6.07, 6.45) is -4.67. The van der Waals surface area contributed by atoms with Gasteiger partial charge in [-0.05, 0) is 57.2 Å². The maximum Gasteiger partial charge on any atom is 0.453 e. The molecule has 3 aromatic heterocycles. The van der Waals surface area contributed by atoms with E-state index in [1.165, 1.54) is 0 Å². The molecule has 0 amide bonds. The molecule has 7 nitrogen and oxygen atoms in total. The highest BCUT2D eigenvalue weighted by Crippen LogP contribution is 2.34. The first-order valence-electron chi connectivity index (χ1n) is 8.53. The van der Waals surface area contributed by atoms with Crippen LogP contribution in [0.3, 0.4) is 0 Å². The van der Waals surface area contributed by atoms with Crippen LogP contribution in [0.1, 0.15) is 28.1 Å². The molecular weight excluding hydrogens is 405 g/mol. The van der Waals surface area contributed by atoms with Gasteiger partial charge in [0.25, 0.3) is 11.0 Å². The van der Waals surface area contributed by atoms with Gasteiger partial charge in [-0.15, -0.1) is 20.4 Å². The molecular formula is C18H15F3N6OS. The molecule has 0 N–H and O–H groups in total. The molecule has 0 saturated carbocycles. The van der Waals surface area contributed by atoms with Crippen LogP contribution >= 0.6 is 11.8 Å². The molecule has 0 aliphatic rings. The van der Waals surface area contributed by atoms with Gasteiger partial charge in [-0.2, -0.15) is 22.8 Å². The third-order valence-corrected chi connectivity index (χ3v) is 5.28. The highest BCUT2D eigenvalue weighted by molar-refractivity contribution is 7.99. The monoisotopic (exact) mass is 420 g/mol. The van der Waals surface area contributed by atoms with E-state index in [-0.39, 0.29) is 10.9 Å². The molecule has 0 spiro atoms. The van der Waals surface area contributed by atoms with Crippen LogP contribution < -0.4 is 0 Å². The summed E-state index contributed by atoms with van der Waals surface area (Å²) in [7, 11) is 0. The topological polar surface area (TPSA) is 82.0 Å². The largest absolute Gasteiger partial charge is 0.453 e. The van der Waals surface area contributed by atoms with Crippen molar-refractivity contribution in [2.45, 2.75) is 44.1 Å². The van der Waals surface area contributed by atoms with Crippen LogP contribution in [-0.4, -0.2) is 30.0 Å². The number of alkyl halides is 3. The Balaban J connectivity index is 1.73. The first-order chi connectivity index (χ1) is 13.6. The summed E-state index contributed by atoms with van der Waals surface area (Å²) in [5.41, 5.74) is 4.14. The van der Waals surface area contributed by atoms with Gasteiger partial charge in [0.1, 0.15) is 5.03 Å². The molecule has 0 bridgehead atoms. The lowest BCUT2D eigenvalue weighted by Gasteiger charge is -2.09. The third-order valence-electron chi connectivity index (χ3n) is 4.36. The lowest BCUT2D eigenvalue weighted by atomic mass is 10.1. The van der Waals surface area contributed by atoms with Gasteiger partial charge in [-0.25, -0.2) is 0 Å². The fourth-order valence-electron chi connectivity index (χ4n) is 2.92. The molecule has 4 rings (SSSR count). The minimum atomic E-state index is -4.67. The van der Waals surface area contributed by atoms with E-state index < -0.39 is 12.0 Å². The van der Waals surface area contributed by atoms with Crippen molar-refractivity contribution in [3.05, 3.63) is 46.3 Å². The third kappa shape index (κ3) is 3.57. The smallest absolute Gasteiger partial charge is 0.411 e. The Bertz CT molecular complexity index is 1210. The predicted molar refractivity (Wildman–Crippen MR) is 98.6 cm³/mol. The molecule has 0 unspecified atom stereocenters. The Labute approximate surface area is 167 Å². The van der Waals surface area contributed by atoms with Crippen molar-refractivity contribution in [1.29, 1.82) is 0 Å². The molecule has 4 aromatic rings. The van der Waals surface area contributed by atoms with Crippen molar-refractivity contribution in [2.75, 3.05) is 0 Å². The maximum absolute atomic E-state index is 13.2. The molecule has 0 saturated heterocycles. The van der Waals surface area contributed by atoms with Crippen LogP contribution in [0.25, 0.3) is 17.1 Å². The van der Waals surface area contributed by atoms with Crippen LogP contribution in [0.4, 0.5) is 13.2 Å². The van der Waals surface area contributed by atoms with Crippen LogP contribution in [0, 0.1) is 27.7 Å². The zero-order chi connectivity index (χ0) is 20.9. The van der Waals surface area contributed by atoms with E-state index >= 15 is 0 Å². The molecule has 0 fully saturated rings. The molecule has 1 aromatic carbocycles. The van der Waals surface area contributed by atoms with Crippen molar-refractivity contribution < 1.29 is 17.6 Å². The Kier molecular flexibility index (Phi) is 4.56. The molecule has 0 atom stereocenters. The van der Waals surface area contributed by atoms with E-state index in [9.17, 15) is 13.2 Å². The SMILES string of the molecule is Cc1cc(C)cc(-c2nnc(Sc3nn4c(C(F)(F)F)nnc4c(C)c3C)o2)c1. The highest BCUT2D eigenvalue weighted by atomic mass is 32.2. The van der Waals surface area contributed by atoms with Gasteiger partial charge in [0.05, 0.1) is 0 Å². The van der Waals surface area contributed by atoms with Crippen LogP contribution in [0.5, 0.6) is 0 Å². The summed E-state index contributed by atoms with van der Waals surface area (Å²) in [6, 6.07) is 5.86. The predicted octanol–water partition coefficient (Wildman–Crippen LogP) is 4.58. The quantitative estimate of drug-likeness (QED) is 0.480. The minimum Gasteiger partial charge on any atom is -0.411 e. The first-order valence-corrected chi connectivity index (χ1v) is 9.35. The Morgan fingerprint density at radius 2 is 1.59 bits per heavy atom. The summed E-state index contributed by atoms with van der Waals surface area (Å²) in [5, 5.41) is 19.5. The number of aromatic nitrogens is 6. The average Bonchev–Trinajstić information content (AvgIpc) is 3.25. The minimum absolute atomic E-state index is 0.0561. The van der Waals surface area contributed by atoms with E-state index in [1.54, 1.807) is 13.8 Å². The van der Waals surface area contributed by atoms with Gasteiger partial charge in [0, 0.05) is 11.1 Å². The number of benzene rings is 1. The fraction of sp³-hybridized carbons (Fsp3) is 0.278. The molecule has 0 aliphatic carbocycles. The second-order valence-corrected chi connectivity index (χ2v) is 7.60. The Morgan fingerprint density at radius 3 is 2.24 bits per heavy atom. The number of rotatable bonds is 3. The van der Waals surface area contributed by atoms with Crippen LogP contribution in [0.2, 0.25) is 0 Å². The van der Waals surface area contributed by atoms with Gasteiger partial charge in [-0.1, -0.05) is 17.2 Å². The second kappa shape index (κ2) is 6.83. The molecule has 11 heteroatoms. The highest BCUT2D eigenvalue weighted by Gasteiger charge is 2.38. The number of nitrogens with zero attached hydrogens (tertiary/aromatic N) is 6. The van der Waals surface area contributed by atoms with Gasteiger partial charge in [0.2, 0.25) is 5.89 Å². The van der Waals surface area contributed by atoms with Gasteiger partial charge in [0.15, 0.2) is 5.65 Å². The maximum atomic E-state index is 13.2. The van der Waals surface area contributed by atoms with E-state index in [0.717, 1.165) is 28.5 Å². The van der Waals surface area contributed by atoms with Crippen molar-refractivity contribution in [1.82, 2.24) is 30.0 Å². The van der Waals surface area contributed by atoms with E-state index in [4.69, 9.17) is 4.42 Å². The van der Waals surface area contributed by atoms with E-state index in [1.807, 2.05) is 32.0 Å². The van der Waals surface area contributed by atoms with Crippen LogP contribution in [0.15, 0.2) is 32.9 Å². The summed E-state index contributed by atoms with van der Waals surface area (Å²) >= 11 is 0.995. The normalized spacial score (nSPS) is 12.1. The van der Waals surface area contributed by atoms with Crippen molar-refractivity contribution in [3.8, 4) is 11.5 Å². The van der Waals surface area contributed by atoms with Gasteiger partial charge >= 0.3 is 6.18 Å². The molecule has 0 aliphatic heterocycles. The van der Waals surface area contributed by atoms with E-state index in [2.05, 4.69) is 25.5 Å². The van der Waals surface area contributed by atoms with Gasteiger partial charge in [-0.3, -0.25) is 0 Å².